The van der Waals surface area contributed by atoms with Crippen LogP contribution < -0.4 is 11.1 Å². The molecule has 1 heterocycles. The van der Waals surface area contributed by atoms with E-state index in [4.69, 9.17) is 5.73 Å². The first-order valence-corrected chi connectivity index (χ1v) is 7.74. The van der Waals surface area contributed by atoms with Gasteiger partial charge in [-0.05, 0) is 38.4 Å². The van der Waals surface area contributed by atoms with Gasteiger partial charge in [-0.1, -0.05) is 19.3 Å². The van der Waals surface area contributed by atoms with Crippen LogP contribution in [0, 0.1) is 0 Å². The number of carbonyl (C=O) groups excluding carboxylic acids is 1. The lowest BCUT2D eigenvalue weighted by atomic mass is 9.82. The quantitative estimate of drug-likeness (QED) is 0.840. The van der Waals surface area contributed by atoms with Crippen LogP contribution in [0.15, 0.2) is 0 Å². The van der Waals surface area contributed by atoms with Gasteiger partial charge >= 0.3 is 0 Å². The molecule has 1 unspecified atom stereocenters. The molecule has 2 fully saturated rings. The van der Waals surface area contributed by atoms with Crippen molar-refractivity contribution in [3.63, 3.8) is 0 Å². The van der Waals surface area contributed by atoms with Crippen LogP contribution in [-0.2, 0) is 4.79 Å². The Balaban J connectivity index is 0.00000162. The van der Waals surface area contributed by atoms with Crippen LogP contribution in [0.1, 0.15) is 51.9 Å². The summed E-state index contributed by atoms with van der Waals surface area (Å²) < 4.78 is 0.237. The van der Waals surface area contributed by atoms with Gasteiger partial charge in [0.05, 0.1) is 5.54 Å². The molecule has 3 nitrogen and oxygen atoms in total. The lowest BCUT2D eigenvalue weighted by Gasteiger charge is -2.33. The van der Waals surface area contributed by atoms with Crippen molar-refractivity contribution in [2.24, 2.45) is 5.73 Å². The fraction of sp³-hybridized carbons (Fsp3) is 0.923. The molecule has 1 saturated heterocycles. The van der Waals surface area contributed by atoms with Crippen LogP contribution in [0.25, 0.3) is 0 Å². The zero-order valence-corrected chi connectivity index (χ0v) is 12.8. The van der Waals surface area contributed by atoms with Crippen LogP contribution in [-0.4, -0.2) is 28.5 Å². The summed E-state index contributed by atoms with van der Waals surface area (Å²) in [5.74, 6) is 1.30. The number of nitrogens with two attached hydrogens (primary N) is 1. The van der Waals surface area contributed by atoms with Crippen molar-refractivity contribution in [3.8, 4) is 0 Å². The molecule has 1 amide bonds. The Kier molecular flexibility index (Phi) is 5.81. The first kappa shape index (κ1) is 16.1. The van der Waals surface area contributed by atoms with Gasteiger partial charge in [-0.25, -0.2) is 0 Å². The number of thioether (sulfide) groups is 1. The van der Waals surface area contributed by atoms with E-state index in [0.29, 0.717) is 0 Å². The largest absolute Gasteiger partial charge is 0.353 e. The Morgan fingerprint density at radius 1 is 1.22 bits per heavy atom. The molecule has 3 N–H and O–H groups in total. The molecule has 0 aromatic carbocycles. The second-order valence-electron chi connectivity index (χ2n) is 5.80. The van der Waals surface area contributed by atoms with Crippen molar-refractivity contribution >= 4 is 30.1 Å². The second-order valence-corrected chi connectivity index (χ2v) is 7.48. The Hall–Kier alpha value is 0.0700. The van der Waals surface area contributed by atoms with Crippen LogP contribution in [0.5, 0.6) is 0 Å². The van der Waals surface area contributed by atoms with E-state index in [1.54, 1.807) is 0 Å². The van der Waals surface area contributed by atoms with Gasteiger partial charge in [0.2, 0.25) is 5.91 Å². The number of hydrogen-bond donors (Lipinski definition) is 2. The highest BCUT2D eigenvalue weighted by Gasteiger charge is 2.37. The number of hydrogen-bond acceptors (Lipinski definition) is 3. The SMILES string of the molecule is CC1(CNC(=O)C2(N)CCCCC2)CCCS1.Cl. The average Bonchev–Trinajstić information content (AvgIpc) is 2.75. The third-order valence-corrected chi connectivity index (χ3v) is 5.66. The zero-order valence-electron chi connectivity index (χ0n) is 11.2. The fourth-order valence-corrected chi connectivity index (χ4v) is 4.07. The van der Waals surface area contributed by atoms with Crippen molar-refractivity contribution in [2.75, 3.05) is 12.3 Å². The highest BCUT2D eigenvalue weighted by atomic mass is 35.5. The first-order valence-electron chi connectivity index (χ1n) is 6.75. The molecule has 1 aliphatic carbocycles. The second kappa shape index (κ2) is 6.49. The summed E-state index contributed by atoms with van der Waals surface area (Å²) in [5, 5.41) is 3.09. The number of rotatable bonds is 3. The number of nitrogens with one attached hydrogen (secondary N) is 1. The molecule has 0 aromatic heterocycles. The van der Waals surface area contributed by atoms with E-state index < -0.39 is 5.54 Å². The first-order chi connectivity index (χ1) is 8.04. The minimum Gasteiger partial charge on any atom is -0.353 e. The van der Waals surface area contributed by atoms with E-state index in [1.807, 2.05) is 11.8 Å². The van der Waals surface area contributed by atoms with Gasteiger partial charge in [0.1, 0.15) is 0 Å². The minimum atomic E-state index is -0.585. The number of halogens is 1. The van der Waals surface area contributed by atoms with Crippen molar-refractivity contribution in [3.05, 3.63) is 0 Å². The maximum absolute atomic E-state index is 12.2. The van der Waals surface area contributed by atoms with Gasteiger partial charge in [-0.3, -0.25) is 4.79 Å². The standard InChI is InChI=1S/C13H24N2OS.ClH/c1-12(6-5-9-17-12)10-15-11(16)13(14)7-3-2-4-8-13;/h2-10,14H2,1H3,(H,15,16);1H. The summed E-state index contributed by atoms with van der Waals surface area (Å²) in [6.07, 6.45) is 7.58. The third-order valence-electron chi connectivity index (χ3n) is 4.12. The Labute approximate surface area is 120 Å². The fourth-order valence-electron chi connectivity index (χ4n) is 2.83. The van der Waals surface area contributed by atoms with Crippen molar-refractivity contribution in [1.82, 2.24) is 5.32 Å². The highest BCUT2D eigenvalue weighted by molar-refractivity contribution is 8.00. The summed E-state index contributed by atoms with van der Waals surface area (Å²) in [7, 11) is 0. The molecule has 0 radical (unpaired) electrons. The smallest absolute Gasteiger partial charge is 0.240 e. The van der Waals surface area contributed by atoms with E-state index in [0.717, 1.165) is 32.2 Å². The number of carbonyl (C=O) groups is 1. The lowest BCUT2D eigenvalue weighted by molar-refractivity contribution is -0.127. The molecule has 1 aliphatic heterocycles. The van der Waals surface area contributed by atoms with E-state index in [2.05, 4.69) is 12.2 Å². The Bertz CT molecular complexity index is 287. The van der Waals surface area contributed by atoms with Gasteiger partial charge in [0.15, 0.2) is 0 Å². The Morgan fingerprint density at radius 3 is 2.44 bits per heavy atom. The number of amides is 1. The summed E-state index contributed by atoms with van der Waals surface area (Å²) in [6.45, 7) is 3.02. The molecule has 5 heteroatoms. The molecule has 0 bridgehead atoms. The molecule has 2 aliphatic rings. The molecule has 106 valence electrons. The van der Waals surface area contributed by atoms with Crippen LogP contribution in [0.2, 0.25) is 0 Å². The van der Waals surface area contributed by atoms with Crippen molar-refractivity contribution in [2.45, 2.75) is 62.2 Å². The van der Waals surface area contributed by atoms with Crippen LogP contribution in [0.4, 0.5) is 0 Å². The molecule has 18 heavy (non-hydrogen) atoms. The minimum absolute atomic E-state index is 0. The van der Waals surface area contributed by atoms with E-state index in [9.17, 15) is 4.79 Å². The normalized spacial score (nSPS) is 30.6. The topological polar surface area (TPSA) is 55.1 Å². The Morgan fingerprint density at radius 2 is 1.89 bits per heavy atom. The van der Waals surface area contributed by atoms with E-state index in [1.165, 1.54) is 25.0 Å². The van der Waals surface area contributed by atoms with Crippen molar-refractivity contribution in [1.29, 1.82) is 0 Å². The summed E-state index contributed by atoms with van der Waals surface area (Å²) in [5.41, 5.74) is 5.63. The average molecular weight is 293 g/mol. The lowest BCUT2D eigenvalue weighted by Crippen LogP contribution is -2.56. The van der Waals surface area contributed by atoms with Gasteiger partial charge in [0.25, 0.3) is 0 Å². The van der Waals surface area contributed by atoms with Gasteiger partial charge in [-0.15, -0.1) is 12.4 Å². The van der Waals surface area contributed by atoms with Gasteiger partial charge < -0.3 is 11.1 Å². The highest BCUT2D eigenvalue weighted by Crippen LogP contribution is 2.37. The summed E-state index contributed by atoms with van der Waals surface area (Å²) in [4.78, 5) is 12.2. The van der Waals surface area contributed by atoms with Crippen LogP contribution in [0.3, 0.4) is 0 Å². The molecule has 0 aromatic rings. The molecule has 0 spiro atoms. The predicted octanol–water partition coefficient (Wildman–Crippen LogP) is 2.47. The van der Waals surface area contributed by atoms with E-state index >= 15 is 0 Å². The molecule has 1 saturated carbocycles. The monoisotopic (exact) mass is 292 g/mol. The maximum Gasteiger partial charge on any atom is 0.240 e. The molecule has 1 atom stereocenters. The molecular weight excluding hydrogens is 268 g/mol. The van der Waals surface area contributed by atoms with Gasteiger partial charge in [0, 0.05) is 11.3 Å². The summed E-state index contributed by atoms with van der Waals surface area (Å²) >= 11 is 1.98. The summed E-state index contributed by atoms with van der Waals surface area (Å²) in [6, 6.07) is 0. The van der Waals surface area contributed by atoms with E-state index in [-0.39, 0.29) is 23.1 Å². The van der Waals surface area contributed by atoms with Crippen LogP contribution >= 0.6 is 24.2 Å². The van der Waals surface area contributed by atoms with Crippen molar-refractivity contribution < 1.29 is 4.79 Å². The zero-order chi connectivity index (χ0) is 12.4. The predicted molar refractivity (Wildman–Crippen MR) is 80.4 cm³/mol. The maximum atomic E-state index is 12.2. The third kappa shape index (κ3) is 3.78. The van der Waals surface area contributed by atoms with Gasteiger partial charge in [-0.2, -0.15) is 11.8 Å². The molecule has 2 rings (SSSR count). The molecular formula is C13H25ClN2OS.